The lowest BCUT2D eigenvalue weighted by atomic mass is 9.99. The lowest BCUT2D eigenvalue weighted by Gasteiger charge is -2.32. The molecule has 1 aromatic carbocycles. The van der Waals surface area contributed by atoms with Crippen LogP contribution in [0.4, 0.5) is 4.79 Å². The van der Waals surface area contributed by atoms with Gasteiger partial charge in [-0.05, 0) is 37.1 Å². The largest absolute Gasteiger partial charge is 0.497 e. The normalized spacial score (nSPS) is 17.1. The maximum absolute atomic E-state index is 12.1. The molecule has 1 unspecified atom stereocenters. The molecule has 0 aliphatic carbocycles. The zero-order chi connectivity index (χ0) is 17.4. The topological polar surface area (TPSA) is 77.1 Å². The summed E-state index contributed by atoms with van der Waals surface area (Å²) in [6, 6.07) is 7.44. The van der Waals surface area contributed by atoms with E-state index in [0.29, 0.717) is 19.7 Å². The van der Waals surface area contributed by atoms with Gasteiger partial charge in [-0.25, -0.2) is 4.79 Å². The van der Waals surface area contributed by atoms with Crippen LogP contribution in [-0.4, -0.2) is 57.4 Å². The smallest absolute Gasteiger partial charge is 0.407 e. The number of carbonyl (C=O) groups is 2. The molecule has 1 heterocycles. The number of piperidine rings is 1. The number of nitrogens with zero attached hydrogens (tertiary/aromatic N) is 1. The molecule has 0 radical (unpaired) electrons. The van der Waals surface area contributed by atoms with E-state index in [9.17, 15) is 9.59 Å². The predicted octanol–water partition coefficient (Wildman–Crippen LogP) is 1.67. The molecular formula is C17H24N2O5. The minimum absolute atomic E-state index is 0.0429. The molecule has 0 bridgehead atoms. The van der Waals surface area contributed by atoms with Gasteiger partial charge >= 0.3 is 6.09 Å². The summed E-state index contributed by atoms with van der Waals surface area (Å²) < 4.78 is 15.4. The van der Waals surface area contributed by atoms with Crippen LogP contribution in [0.2, 0.25) is 0 Å². The first-order valence-corrected chi connectivity index (χ1v) is 7.99. The van der Waals surface area contributed by atoms with Crippen LogP contribution in [0, 0.1) is 5.92 Å². The molecule has 1 saturated heterocycles. The van der Waals surface area contributed by atoms with Gasteiger partial charge in [0, 0.05) is 19.0 Å². The second-order valence-electron chi connectivity index (χ2n) is 5.68. The van der Waals surface area contributed by atoms with Crippen molar-refractivity contribution in [1.82, 2.24) is 10.2 Å². The molecule has 0 aromatic heterocycles. The van der Waals surface area contributed by atoms with E-state index < -0.39 is 6.09 Å². The maximum atomic E-state index is 12.1. The summed E-state index contributed by atoms with van der Waals surface area (Å²) in [5.74, 6) is 1.75. The van der Waals surface area contributed by atoms with E-state index in [-0.39, 0.29) is 18.4 Å². The second-order valence-corrected chi connectivity index (χ2v) is 5.68. The van der Waals surface area contributed by atoms with Crippen LogP contribution in [0.25, 0.3) is 0 Å². The van der Waals surface area contributed by atoms with Gasteiger partial charge < -0.3 is 24.4 Å². The number of rotatable bonds is 6. The molecule has 24 heavy (non-hydrogen) atoms. The SMILES string of the molecule is COC(=O)NCC(=O)N1CCCC(COc2ccc(OC)cc2)C1. The maximum Gasteiger partial charge on any atom is 0.407 e. The van der Waals surface area contributed by atoms with Gasteiger partial charge in [0.2, 0.25) is 5.91 Å². The number of hydrogen-bond donors (Lipinski definition) is 1. The van der Waals surface area contributed by atoms with Crippen LogP contribution in [0.1, 0.15) is 12.8 Å². The summed E-state index contributed by atoms with van der Waals surface area (Å²) >= 11 is 0. The fourth-order valence-electron chi connectivity index (χ4n) is 2.65. The van der Waals surface area contributed by atoms with Gasteiger partial charge in [-0.3, -0.25) is 4.79 Å². The summed E-state index contributed by atoms with van der Waals surface area (Å²) in [6.45, 7) is 1.86. The number of carbonyl (C=O) groups excluding carboxylic acids is 2. The molecule has 7 nitrogen and oxygen atoms in total. The number of amides is 2. The van der Waals surface area contributed by atoms with Gasteiger partial charge in [0.15, 0.2) is 0 Å². The van der Waals surface area contributed by atoms with Crippen molar-refractivity contribution < 1.29 is 23.8 Å². The van der Waals surface area contributed by atoms with Crippen LogP contribution in [0.3, 0.4) is 0 Å². The molecule has 1 aliphatic heterocycles. The van der Waals surface area contributed by atoms with E-state index in [1.165, 1.54) is 7.11 Å². The van der Waals surface area contributed by atoms with Gasteiger partial charge in [0.05, 0.1) is 20.8 Å². The molecular weight excluding hydrogens is 312 g/mol. The highest BCUT2D eigenvalue weighted by Gasteiger charge is 2.24. The Morgan fingerprint density at radius 2 is 1.92 bits per heavy atom. The molecule has 7 heteroatoms. The number of methoxy groups -OCH3 is 2. The Bertz CT molecular complexity index is 546. The first-order valence-electron chi connectivity index (χ1n) is 7.99. The molecule has 2 rings (SSSR count). The zero-order valence-corrected chi connectivity index (χ0v) is 14.1. The second kappa shape index (κ2) is 9.00. The third kappa shape index (κ3) is 5.33. The summed E-state index contributed by atoms with van der Waals surface area (Å²) in [5.41, 5.74) is 0. The predicted molar refractivity (Wildman–Crippen MR) is 88.2 cm³/mol. The van der Waals surface area contributed by atoms with E-state index >= 15 is 0 Å². The highest BCUT2D eigenvalue weighted by atomic mass is 16.5. The van der Waals surface area contributed by atoms with Crippen molar-refractivity contribution >= 4 is 12.0 Å². The first kappa shape index (κ1) is 17.9. The van der Waals surface area contributed by atoms with Crippen LogP contribution in [0.5, 0.6) is 11.5 Å². The van der Waals surface area contributed by atoms with Gasteiger partial charge in [0.1, 0.15) is 18.0 Å². The molecule has 1 aliphatic rings. The minimum atomic E-state index is -0.597. The van der Waals surface area contributed by atoms with Gasteiger partial charge in [-0.1, -0.05) is 0 Å². The monoisotopic (exact) mass is 336 g/mol. The molecule has 1 fully saturated rings. The third-order valence-electron chi connectivity index (χ3n) is 3.99. The van der Waals surface area contributed by atoms with Crippen molar-refractivity contribution in [3.63, 3.8) is 0 Å². The van der Waals surface area contributed by atoms with E-state index in [4.69, 9.17) is 9.47 Å². The van der Waals surface area contributed by atoms with Crippen molar-refractivity contribution in [2.24, 2.45) is 5.92 Å². The number of benzene rings is 1. The number of alkyl carbamates (subject to hydrolysis) is 1. The minimum Gasteiger partial charge on any atom is -0.497 e. The molecule has 1 N–H and O–H groups in total. The Kier molecular flexibility index (Phi) is 6.72. The van der Waals surface area contributed by atoms with Gasteiger partial charge in [-0.15, -0.1) is 0 Å². The van der Waals surface area contributed by atoms with Crippen LogP contribution >= 0.6 is 0 Å². The Labute approximate surface area is 141 Å². The molecule has 0 spiro atoms. The van der Waals surface area contributed by atoms with Crippen molar-refractivity contribution in [3.8, 4) is 11.5 Å². The quantitative estimate of drug-likeness (QED) is 0.855. The number of nitrogens with one attached hydrogen (secondary N) is 1. The van der Waals surface area contributed by atoms with E-state index in [1.54, 1.807) is 12.0 Å². The van der Waals surface area contributed by atoms with E-state index in [1.807, 2.05) is 24.3 Å². The summed E-state index contributed by atoms with van der Waals surface area (Å²) in [5, 5.41) is 2.42. The lowest BCUT2D eigenvalue weighted by Crippen LogP contribution is -2.46. The zero-order valence-electron chi connectivity index (χ0n) is 14.1. The summed E-state index contributed by atoms with van der Waals surface area (Å²) in [6.07, 6.45) is 1.35. The Morgan fingerprint density at radius 3 is 2.58 bits per heavy atom. The average molecular weight is 336 g/mol. The number of likely N-dealkylation sites (tertiary alicyclic amines) is 1. The highest BCUT2D eigenvalue weighted by Crippen LogP contribution is 2.21. The number of ether oxygens (including phenoxy) is 3. The number of hydrogen-bond acceptors (Lipinski definition) is 5. The Morgan fingerprint density at radius 1 is 1.21 bits per heavy atom. The molecule has 1 atom stereocenters. The van der Waals surface area contributed by atoms with Crippen molar-refractivity contribution in [2.75, 3.05) is 40.5 Å². The molecule has 2 amide bonds. The van der Waals surface area contributed by atoms with Gasteiger partial charge in [-0.2, -0.15) is 0 Å². The van der Waals surface area contributed by atoms with Crippen LogP contribution in [0.15, 0.2) is 24.3 Å². The summed E-state index contributed by atoms with van der Waals surface area (Å²) in [4.78, 5) is 24.9. The molecule has 1 aromatic rings. The highest BCUT2D eigenvalue weighted by molar-refractivity contribution is 5.82. The summed E-state index contributed by atoms with van der Waals surface area (Å²) in [7, 11) is 2.89. The average Bonchev–Trinajstić information content (AvgIpc) is 2.64. The van der Waals surface area contributed by atoms with E-state index in [2.05, 4.69) is 10.1 Å². The van der Waals surface area contributed by atoms with Crippen molar-refractivity contribution in [3.05, 3.63) is 24.3 Å². The van der Waals surface area contributed by atoms with Gasteiger partial charge in [0.25, 0.3) is 0 Å². The fourth-order valence-corrected chi connectivity index (χ4v) is 2.65. The lowest BCUT2D eigenvalue weighted by molar-refractivity contribution is -0.132. The van der Waals surface area contributed by atoms with Crippen molar-refractivity contribution in [2.45, 2.75) is 12.8 Å². The Balaban J connectivity index is 1.77. The Hall–Kier alpha value is -2.44. The van der Waals surface area contributed by atoms with Crippen LogP contribution < -0.4 is 14.8 Å². The molecule has 132 valence electrons. The first-order chi connectivity index (χ1) is 11.6. The standard InChI is InChI=1S/C17H24N2O5/c1-22-14-5-7-15(8-6-14)24-12-13-4-3-9-19(11-13)16(20)10-18-17(21)23-2/h5-8,13H,3-4,9-12H2,1-2H3,(H,18,21). The molecule has 0 saturated carbocycles. The fraction of sp³-hybridized carbons (Fsp3) is 0.529. The van der Waals surface area contributed by atoms with Crippen LogP contribution in [-0.2, 0) is 9.53 Å². The van der Waals surface area contributed by atoms with Crippen molar-refractivity contribution in [1.29, 1.82) is 0 Å². The van der Waals surface area contributed by atoms with E-state index in [0.717, 1.165) is 24.3 Å². The third-order valence-corrected chi connectivity index (χ3v) is 3.99.